The van der Waals surface area contributed by atoms with Gasteiger partial charge >= 0.3 is 6.09 Å². The van der Waals surface area contributed by atoms with Crippen LogP contribution in [0, 0.1) is 0 Å². The van der Waals surface area contributed by atoms with Crippen LogP contribution >= 0.6 is 23.2 Å². The first-order valence-corrected chi connectivity index (χ1v) is 7.09. The maximum Gasteiger partial charge on any atom is 0.410 e. The summed E-state index contributed by atoms with van der Waals surface area (Å²) in [5.41, 5.74) is -0.790. The van der Waals surface area contributed by atoms with Gasteiger partial charge in [-0.05, 0) is 38.5 Å². The molecule has 1 aliphatic heterocycles. The fourth-order valence-corrected chi connectivity index (χ4v) is 2.87. The van der Waals surface area contributed by atoms with Crippen LogP contribution in [0.3, 0.4) is 0 Å². The highest BCUT2D eigenvalue weighted by Gasteiger charge is 2.44. The smallest absolute Gasteiger partial charge is 0.410 e. The summed E-state index contributed by atoms with van der Waals surface area (Å²) in [4.78, 5) is 12.9. The van der Waals surface area contributed by atoms with E-state index in [0.29, 0.717) is 0 Å². The van der Waals surface area contributed by atoms with Crippen LogP contribution in [-0.2, 0) is 17.2 Å². The molecule has 0 aromatic heterocycles. The second-order valence-electron chi connectivity index (χ2n) is 5.96. The minimum absolute atomic E-state index is 0.0138. The second kappa shape index (κ2) is 5.29. The standard InChI is InChI=1S/C14H15Cl2F2NO2/c1-13(2,3)21-12(20)19-6-8-4-9(15)5-10(16)11(8)14(17,18)7-19/h4-5H,6-7H2,1-3H3. The van der Waals surface area contributed by atoms with E-state index in [1.54, 1.807) is 20.8 Å². The predicted octanol–water partition coefficient (Wildman–Crippen LogP) is 4.84. The van der Waals surface area contributed by atoms with Crippen molar-refractivity contribution in [1.29, 1.82) is 0 Å². The summed E-state index contributed by atoms with van der Waals surface area (Å²) in [5, 5.41) is 0.159. The number of alkyl halides is 2. The zero-order valence-electron chi connectivity index (χ0n) is 11.8. The monoisotopic (exact) mass is 337 g/mol. The lowest BCUT2D eigenvalue weighted by Crippen LogP contribution is -2.46. The molecular formula is C14H15Cl2F2NO2. The molecule has 1 aromatic rings. The highest BCUT2D eigenvalue weighted by molar-refractivity contribution is 6.35. The lowest BCUT2D eigenvalue weighted by Gasteiger charge is -2.35. The number of halogens is 4. The molecule has 0 atom stereocenters. The Morgan fingerprint density at radius 3 is 2.52 bits per heavy atom. The lowest BCUT2D eigenvalue weighted by atomic mass is 9.96. The number of hydrogen-bond acceptors (Lipinski definition) is 2. The quantitative estimate of drug-likeness (QED) is 0.678. The molecule has 1 aliphatic rings. The summed E-state index contributed by atoms with van der Waals surface area (Å²) in [7, 11) is 0. The van der Waals surface area contributed by atoms with Crippen molar-refractivity contribution < 1.29 is 18.3 Å². The minimum Gasteiger partial charge on any atom is -0.444 e. The number of fused-ring (bicyclic) bond motifs is 1. The summed E-state index contributed by atoms with van der Waals surface area (Å²) in [6.07, 6.45) is -0.788. The number of amides is 1. The molecular weight excluding hydrogens is 323 g/mol. The van der Waals surface area contributed by atoms with Crippen molar-refractivity contribution in [1.82, 2.24) is 4.90 Å². The minimum atomic E-state index is -3.24. The molecule has 0 spiro atoms. The van der Waals surface area contributed by atoms with Crippen molar-refractivity contribution in [2.45, 2.75) is 38.8 Å². The van der Waals surface area contributed by atoms with Gasteiger partial charge in [0.25, 0.3) is 5.92 Å². The lowest BCUT2D eigenvalue weighted by molar-refractivity contribution is -0.0590. The van der Waals surface area contributed by atoms with Gasteiger partial charge in [0.1, 0.15) is 5.60 Å². The summed E-state index contributed by atoms with van der Waals surface area (Å²) >= 11 is 11.7. The highest BCUT2D eigenvalue weighted by Crippen LogP contribution is 2.42. The van der Waals surface area contributed by atoms with Crippen LogP contribution in [0.4, 0.5) is 13.6 Å². The number of rotatable bonds is 0. The zero-order valence-corrected chi connectivity index (χ0v) is 13.4. The molecule has 0 saturated carbocycles. The van der Waals surface area contributed by atoms with Crippen LogP contribution in [0.2, 0.25) is 10.0 Å². The van der Waals surface area contributed by atoms with Crippen LogP contribution in [0.5, 0.6) is 0 Å². The van der Waals surface area contributed by atoms with Crippen LogP contribution < -0.4 is 0 Å². The molecule has 7 heteroatoms. The maximum absolute atomic E-state index is 14.3. The van der Waals surface area contributed by atoms with Gasteiger partial charge in [0.05, 0.1) is 11.6 Å². The van der Waals surface area contributed by atoms with E-state index in [1.165, 1.54) is 12.1 Å². The predicted molar refractivity (Wildman–Crippen MR) is 77.0 cm³/mol. The second-order valence-corrected chi connectivity index (χ2v) is 6.81. The Hall–Kier alpha value is -1.07. The average molecular weight is 338 g/mol. The van der Waals surface area contributed by atoms with Gasteiger partial charge in [-0.25, -0.2) is 4.79 Å². The Labute approximate surface area is 131 Å². The largest absolute Gasteiger partial charge is 0.444 e. The normalized spacial score (nSPS) is 17.4. The van der Waals surface area contributed by atoms with E-state index in [0.717, 1.165) is 4.90 Å². The molecule has 0 bridgehead atoms. The Morgan fingerprint density at radius 1 is 1.33 bits per heavy atom. The molecule has 0 aliphatic carbocycles. The fraction of sp³-hybridized carbons (Fsp3) is 0.500. The van der Waals surface area contributed by atoms with Crippen molar-refractivity contribution in [2.24, 2.45) is 0 Å². The number of hydrogen-bond donors (Lipinski definition) is 0. The average Bonchev–Trinajstić information content (AvgIpc) is 2.23. The van der Waals surface area contributed by atoms with Gasteiger partial charge < -0.3 is 4.74 Å². The molecule has 0 radical (unpaired) electrons. The van der Waals surface area contributed by atoms with E-state index in [4.69, 9.17) is 27.9 Å². The molecule has 1 aromatic carbocycles. The number of carbonyl (C=O) groups excluding carboxylic acids is 1. The van der Waals surface area contributed by atoms with Crippen molar-refractivity contribution >= 4 is 29.3 Å². The molecule has 0 N–H and O–H groups in total. The van der Waals surface area contributed by atoms with Crippen LogP contribution in [0.1, 0.15) is 31.9 Å². The molecule has 3 nitrogen and oxygen atoms in total. The molecule has 1 amide bonds. The first-order valence-electron chi connectivity index (χ1n) is 6.34. The van der Waals surface area contributed by atoms with Gasteiger partial charge in [0.15, 0.2) is 0 Å². The molecule has 116 valence electrons. The topological polar surface area (TPSA) is 29.5 Å². The number of nitrogens with zero attached hydrogens (tertiary/aromatic N) is 1. The molecule has 0 fully saturated rings. The summed E-state index contributed by atoms with van der Waals surface area (Å²) in [6, 6.07) is 2.67. The van der Waals surface area contributed by atoms with E-state index >= 15 is 0 Å². The van der Waals surface area contributed by atoms with Gasteiger partial charge in [-0.2, -0.15) is 8.78 Å². The third-order valence-corrected chi connectivity index (χ3v) is 3.42. The third-order valence-electron chi connectivity index (χ3n) is 2.90. The Kier molecular flexibility index (Phi) is 4.10. The number of carbonyl (C=O) groups is 1. The molecule has 0 unspecified atom stereocenters. The number of ether oxygens (including phenoxy) is 1. The Bertz CT molecular complexity index is 585. The van der Waals surface area contributed by atoms with Crippen LogP contribution in [0.25, 0.3) is 0 Å². The van der Waals surface area contributed by atoms with Crippen molar-refractivity contribution in [3.05, 3.63) is 33.3 Å². The van der Waals surface area contributed by atoms with Gasteiger partial charge in [0.2, 0.25) is 0 Å². The van der Waals surface area contributed by atoms with Crippen molar-refractivity contribution in [3.63, 3.8) is 0 Å². The Morgan fingerprint density at radius 2 is 1.95 bits per heavy atom. The van der Waals surface area contributed by atoms with Gasteiger partial charge in [0, 0.05) is 17.1 Å². The van der Waals surface area contributed by atoms with E-state index in [1.807, 2.05) is 0 Å². The van der Waals surface area contributed by atoms with E-state index in [-0.39, 0.29) is 27.7 Å². The van der Waals surface area contributed by atoms with Gasteiger partial charge in [-0.15, -0.1) is 0 Å². The molecule has 2 rings (SSSR count). The van der Waals surface area contributed by atoms with Crippen molar-refractivity contribution in [3.8, 4) is 0 Å². The summed E-state index contributed by atoms with van der Waals surface area (Å²) < 4.78 is 33.6. The maximum atomic E-state index is 14.3. The number of benzene rings is 1. The van der Waals surface area contributed by atoms with Crippen molar-refractivity contribution in [2.75, 3.05) is 6.54 Å². The van der Waals surface area contributed by atoms with Crippen LogP contribution in [0.15, 0.2) is 12.1 Å². The summed E-state index contributed by atoms with van der Waals surface area (Å²) in [6.45, 7) is 4.24. The van der Waals surface area contributed by atoms with E-state index < -0.39 is 24.2 Å². The first-order chi connectivity index (χ1) is 9.49. The first kappa shape index (κ1) is 16.3. The highest BCUT2D eigenvalue weighted by atomic mass is 35.5. The molecule has 0 saturated heterocycles. The third kappa shape index (κ3) is 3.58. The molecule has 1 heterocycles. The SMILES string of the molecule is CC(C)(C)OC(=O)N1Cc2cc(Cl)cc(Cl)c2C(F)(F)C1. The van der Waals surface area contributed by atoms with Crippen LogP contribution in [-0.4, -0.2) is 23.1 Å². The van der Waals surface area contributed by atoms with E-state index in [9.17, 15) is 13.6 Å². The summed E-state index contributed by atoms with van der Waals surface area (Å²) in [5.74, 6) is -3.24. The Balaban J connectivity index is 2.35. The molecule has 21 heavy (non-hydrogen) atoms. The van der Waals surface area contributed by atoms with Gasteiger partial charge in [-0.1, -0.05) is 23.2 Å². The van der Waals surface area contributed by atoms with Gasteiger partial charge in [-0.3, -0.25) is 4.90 Å². The fourth-order valence-electron chi connectivity index (χ4n) is 2.20. The zero-order chi connectivity index (χ0) is 16.0. The van der Waals surface area contributed by atoms with E-state index in [2.05, 4.69) is 0 Å².